The summed E-state index contributed by atoms with van der Waals surface area (Å²) in [6.07, 6.45) is 10.5. The van der Waals surface area contributed by atoms with Crippen molar-refractivity contribution >= 4 is 17.5 Å². The Labute approximate surface area is 207 Å². The van der Waals surface area contributed by atoms with Crippen LogP contribution in [-0.2, 0) is 11.4 Å². The number of halogens is 1. The van der Waals surface area contributed by atoms with Crippen LogP contribution in [0.5, 0.6) is 0 Å². The van der Waals surface area contributed by atoms with Gasteiger partial charge in [-0.3, -0.25) is 14.7 Å². The number of benzene rings is 1. The number of carbonyl (C=O) groups is 1. The molecule has 1 aromatic carbocycles. The van der Waals surface area contributed by atoms with Gasteiger partial charge in [-0.1, -0.05) is 61.0 Å². The van der Waals surface area contributed by atoms with Gasteiger partial charge in [0.25, 0.3) is 0 Å². The first kappa shape index (κ1) is 24.6. The molecule has 0 radical (unpaired) electrons. The fourth-order valence-corrected chi connectivity index (χ4v) is 5.43. The number of likely N-dealkylation sites (N-methyl/N-ethyl adjacent to an activating group) is 1. The van der Waals surface area contributed by atoms with Crippen LogP contribution in [0.25, 0.3) is 11.1 Å². The van der Waals surface area contributed by atoms with E-state index >= 15 is 0 Å². The molecule has 1 aliphatic carbocycles. The molecule has 2 aliphatic rings. The van der Waals surface area contributed by atoms with Crippen LogP contribution < -0.4 is 0 Å². The molecular weight excluding hydrogens is 446 g/mol. The molecule has 180 valence electrons. The standard InChI is InChI=1S/C28H34ClN3O2/c1-28(13-9-24(29)10-14-28)26(31(2)3)27(34)32-15-11-20(12-16-32)21-5-4-6-22(17-21)23-7-8-25(19-33)30-18-23/h4-10,13,17-18,20,26,33H,11-12,14-16,19H2,1-3H3/t26-,28?/m1/s1. The van der Waals surface area contributed by atoms with Crippen LogP contribution in [0, 0.1) is 5.41 Å². The molecule has 0 saturated carbocycles. The molecule has 1 unspecified atom stereocenters. The first-order valence-corrected chi connectivity index (χ1v) is 12.3. The fourth-order valence-electron chi connectivity index (χ4n) is 5.29. The summed E-state index contributed by atoms with van der Waals surface area (Å²) in [4.78, 5) is 22.0. The number of hydrogen-bond donors (Lipinski definition) is 1. The Hall–Kier alpha value is -2.47. The second-order valence-electron chi connectivity index (χ2n) is 9.92. The molecule has 2 aromatic rings. The van der Waals surface area contributed by atoms with Crippen molar-refractivity contribution in [1.82, 2.24) is 14.8 Å². The average Bonchev–Trinajstić information content (AvgIpc) is 2.86. The summed E-state index contributed by atoms with van der Waals surface area (Å²) in [6, 6.07) is 12.3. The van der Waals surface area contributed by atoms with Crippen LogP contribution in [0.1, 0.15) is 43.4 Å². The lowest BCUT2D eigenvalue weighted by Gasteiger charge is -2.43. The third-order valence-corrected chi connectivity index (χ3v) is 7.50. The Morgan fingerprint density at radius 2 is 2.00 bits per heavy atom. The lowest BCUT2D eigenvalue weighted by molar-refractivity contribution is -0.140. The highest BCUT2D eigenvalue weighted by atomic mass is 35.5. The Bertz CT molecular complexity index is 1070. The van der Waals surface area contributed by atoms with Gasteiger partial charge in [-0.05, 0) is 62.5 Å². The Balaban J connectivity index is 1.43. The summed E-state index contributed by atoms with van der Waals surface area (Å²) in [7, 11) is 3.98. The maximum atomic E-state index is 13.6. The summed E-state index contributed by atoms with van der Waals surface area (Å²) in [5, 5.41) is 9.97. The van der Waals surface area contributed by atoms with Gasteiger partial charge in [0, 0.05) is 35.3 Å². The molecule has 1 saturated heterocycles. The number of amides is 1. The highest BCUT2D eigenvalue weighted by Gasteiger charge is 2.41. The van der Waals surface area contributed by atoms with E-state index in [2.05, 4.69) is 42.2 Å². The second kappa shape index (κ2) is 10.4. The first-order valence-electron chi connectivity index (χ1n) is 12.0. The number of piperidine rings is 1. The number of pyridine rings is 1. The van der Waals surface area contributed by atoms with Gasteiger partial charge in [-0.15, -0.1) is 0 Å². The van der Waals surface area contributed by atoms with Gasteiger partial charge in [0.2, 0.25) is 5.91 Å². The maximum Gasteiger partial charge on any atom is 0.240 e. The van der Waals surface area contributed by atoms with Crippen LogP contribution in [-0.4, -0.2) is 59.0 Å². The quantitative estimate of drug-likeness (QED) is 0.635. The third kappa shape index (κ3) is 5.27. The molecule has 1 amide bonds. The predicted octanol–water partition coefficient (Wildman–Crippen LogP) is 4.97. The Kier molecular flexibility index (Phi) is 7.56. The average molecular weight is 480 g/mol. The van der Waals surface area contributed by atoms with Gasteiger partial charge in [0.15, 0.2) is 0 Å². The van der Waals surface area contributed by atoms with Crippen molar-refractivity contribution in [2.45, 2.75) is 44.8 Å². The number of rotatable bonds is 6. The van der Waals surface area contributed by atoms with E-state index in [9.17, 15) is 9.90 Å². The molecular formula is C28H34ClN3O2. The van der Waals surface area contributed by atoms with Crippen LogP contribution in [0.2, 0.25) is 0 Å². The van der Waals surface area contributed by atoms with Crippen molar-refractivity contribution < 1.29 is 9.90 Å². The van der Waals surface area contributed by atoms with Crippen molar-refractivity contribution in [3.63, 3.8) is 0 Å². The second-order valence-corrected chi connectivity index (χ2v) is 10.4. The highest BCUT2D eigenvalue weighted by Crippen LogP contribution is 2.38. The lowest BCUT2D eigenvalue weighted by atomic mass is 9.75. The molecule has 1 aliphatic heterocycles. The van der Waals surface area contributed by atoms with E-state index in [0.29, 0.717) is 11.6 Å². The number of aliphatic hydroxyl groups excluding tert-OH is 1. The smallest absolute Gasteiger partial charge is 0.240 e. The number of aliphatic hydroxyl groups is 1. The van der Waals surface area contributed by atoms with Gasteiger partial charge < -0.3 is 10.0 Å². The molecule has 0 bridgehead atoms. The molecule has 6 heteroatoms. The van der Waals surface area contributed by atoms with Crippen molar-refractivity contribution in [3.8, 4) is 11.1 Å². The number of aromatic nitrogens is 1. The van der Waals surface area contributed by atoms with E-state index in [0.717, 1.165) is 48.5 Å². The number of carbonyl (C=O) groups excluding carboxylic acids is 1. The zero-order valence-corrected chi connectivity index (χ0v) is 21.0. The van der Waals surface area contributed by atoms with E-state index in [1.165, 1.54) is 5.56 Å². The highest BCUT2D eigenvalue weighted by molar-refractivity contribution is 6.31. The Morgan fingerprint density at radius 1 is 1.24 bits per heavy atom. The maximum absolute atomic E-state index is 13.6. The zero-order chi connectivity index (χ0) is 24.3. The summed E-state index contributed by atoms with van der Waals surface area (Å²) < 4.78 is 0. The summed E-state index contributed by atoms with van der Waals surface area (Å²) >= 11 is 6.15. The summed E-state index contributed by atoms with van der Waals surface area (Å²) in [5.41, 5.74) is 3.88. The van der Waals surface area contributed by atoms with Crippen LogP contribution in [0.4, 0.5) is 0 Å². The molecule has 4 rings (SSSR count). The Morgan fingerprint density at radius 3 is 2.59 bits per heavy atom. The van der Waals surface area contributed by atoms with Gasteiger partial charge in [0.1, 0.15) is 0 Å². The first-order chi connectivity index (χ1) is 16.3. The minimum atomic E-state index is -0.274. The van der Waals surface area contributed by atoms with E-state index in [4.69, 9.17) is 11.6 Å². The monoisotopic (exact) mass is 479 g/mol. The van der Waals surface area contributed by atoms with Gasteiger partial charge in [-0.25, -0.2) is 0 Å². The number of allylic oxidation sites excluding steroid dienone is 3. The van der Waals surface area contributed by atoms with Gasteiger partial charge >= 0.3 is 0 Å². The number of nitrogens with zero attached hydrogens (tertiary/aromatic N) is 3. The number of hydrogen-bond acceptors (Lipinski definition) is 4. The van der Waals surface area contributed by atoms with Crippen molar-refractivity contribution in [2.24, 2.45) is 5.41 Å². The van der Waals surface area contributed by atoms with E-state index < -0.39 is 0 Å². The molecule has 5 nitrogen and oxygen atoms in total. The van der Waals surface area contributed by atoms with Crippen molar-refractivity contribution in [3.05, 3.63) is 77.1 Å². The van der Waals surface area contributed by atoms with Crippen molar-refractivity contribution in [1.29, 1.82) is 0 Å². The number of likely N-dealkylation sites (tertiary alicyclic amines) is 1. The largest absolute Gasteiger partial charge is 0.390 e. The van der Waals surface area contributed by atoms with Crippen LogP contribution in [0.3, 0.4) is 0 Å². The minimum Gasteiger partial charge on any atom is -0.390 e. The molecule has 1 N–H and O–H groups in total. The van der Waals surface area contributed by atoms with E-state index in [1.54, 1.807) is 0 Å². The zero-order valence-electron chi connectivity index (χ0n) is 20.2. The molecule has 2 heterocycles. The lowest BCUT2D eigenvalue weighted by Crippen LogP contribution is -2.55. The van der Waals surface area contributed by atoms with Gasteiger partial charge in [-0.2, -0.15) is 0 Å². The van der Waals surface area contributed by atoms with Crippen LogP contribution in [0.15, 0.2) is 65.9 Å². The topological polar surface area (TPSA) is 56.7 Å². The van der Waals surface area contributed by atoms with Crippen molar-refractivity contribution in [2.75, 3.05) is 27.2 Å². The van der Waals surface area contributed by atoms with E-state index in [-0.39, 0.29) is 24.0 Å². The third-order valence-electron chi connectivity index (χ3n) is 7.22. The van der Waals surface area contributed by atoms with E-state index in [1.807, 2.05) is 54.4 Å². The predicted molar refractivity (Wildman–Crippen MR) is 137 cm³/mol. The normalized spacial score (nSPS) is 22.1. The van der Waals surface area contributed by atoms with Crippen LogP contribution >= 0.6 is 11.6 Å². The minimum absolute atomic E-state index is 0.0494. The molecule has 1 aromatic heterocycles. The van der Waals surface area contributed by atoms with Gasteiger partial charge in [0.05, 0.1) is 18.3 Å². The molecule has 2 atom stereocenters. The summed E-state index contributed by atoms with van der Waals surface area (Å²) in [5.74, 6) is 0.629. The molecule has 0 spiro atoms. The fraction of sp³-hybridized carbons (Fsp3) is 0.429. The molecule has 34 heavy (non-hydrogen) atoms. The summed E-state index contributed by atoms with van der Waals surface area (Å²) in [6.45, 7) is 3.63. The SMILES string of the molecule is CN(C)[C@H](C(=O)N1CCC(c2cccc(-c3ccc(CO)nc3)c2)CC1)C1(C)C=CC(Cl)=CC1. The molecule has 1 fully saturated rings.